The summed E-state index contributed by atoms with van der Waals surface area (Å²) in [5, 5.41) is 5.44. The average molecular weight is 374 g/mol. The van der Waals surface area contributed by atoms with Gasteiger partial charge in [0.15, 0.2) is 0 Å². The number of carbonyl (C=O) groups excluding carboxylic acids is 1. The summed E-state index contributed by atoms with van der Waals surface area (Å²) in [5.74, 6) is 0.432. The lowest BCUT2D eigenvalue weighted by atomic mass is 10.2. The lowest BCUT2D eigenvalue weighted by Gasteiger charge is -2.22. The maximum Gasteiger partial charge on any atom is 0.275 e. The smallest absolute Gasteiger partial charge is 0.275 e. The van der Waals surface area contributed by atoms with E-state index in [-0.39, 0.29) is 18.0 Å². The largest absolute Gasteiger partial charge is 0.467 e. The van der Waals surface area contributed by atoms with E-state index in [1.165, 1.54) is 4.68 Å². The van der Waals surface area contributed by atoms with Crippen LogP contribution in [-0.2, 0) is 24.4 Å². The highest BCUT2D eigenvalue weighted by Gasteiger charge is 2.18. The third-order valence-corrected chi connectivity index (χ3v) is 4.42. The number of aromatic nitrogens is 3. The third kappa shape index (κ3) is 3.83. The van der Waals surface area contributed by atoms with Crippen molar-refractivity contribution >= 4 is 16.7 Å². The summed E-state index contributed by atoms with van der Waals surface area (Å²) in [6.45, 7) is 0.503. The molecule has 0 aliphatic carbocycles. The molecule has 0 spiro atoms. The van der Waals surface area contributed by atoms with Crippen LogP contribution in [0.25, 0.3) is 10.8 Å². The third-order valence-electron chi connectivity index (χ3n) is 4.42. The predicted octanol–water partition coefficient (Wildman–Crippen LogP) is 2.61. The molecule has 1 amide bonds. The van der Waals surface area contributed by atoms with Crippen molar-refractivity contribution < 1.29 is 9.21 Å². The Morgan fingerprint density at radius 2 is 1.93 bits per heavy atom. The maximum absolute atomic E-state index is 13.0. The molecule has 0 unspecified atom stereocenters. The van der Waals surface area contributed by atoms with Crippen LogP contribution in [0.1, 0.15) is 11.3 Å². The van der Waals surface area contributed by atoms with Gasteiger partial charge in [0.1, 0.15) is 12.3 Å². The molecule has 3 aromatic heterocycles. The number of hydrogen-bond acceptors (Lipinski definition) is 5. The first-order valence-corrected chi connectivity index (χ1v) is 8.84. The summed E-state index contributed by atoms with van der Waals surface area (Å²) in [6, 6.07) is 14.5. The van der Waals surface area contributed by atoms with E-state index >= 15 is 0 Å². The van der Waals surface area contributed by atoms with Gasteiger partial charge in [0.2, 0.25) is 5.91 Å². The highest BCUT2D eigenvalue weighted by molar-refractivity contribution is 5.81. The minimum absolute atomic E-state index is 0.148. The van der Waals surface area contributed by atoms with E-state index in [1.54, 1.807) is 48.0 Å². The topological polar surface area (TPSA) is 81.2 Å². The zero-order valence-electron chi connectivity index (χ0n) is 15.1. The molecular formula is C21H18N4O3. The number of pyridine rings is 1. The van der Waals surface area contributed by atoms with Gasteiger partial charge in [0, 0.05) is 24.3 Å². The fourth-order valence-corrected chi connectivity index (χ4v) is 3.00. The molecule has 4 aromatic rings. The van der Waals surface area contributed by atoms with Gasteiger partial charge in [-0.2, -0.15) is 5.10 Å². The Morgan fingerprint density at radius 3 is 2.71 bits per heavy atom. The number of carbonyl (C=O) groups is 1. The molecule has 0 N–H and O–H groups in total. The molecule has 140 valence electrons. The molecule has 7 nitrogen and oxygen atoms in total. The Kier molecular flexibility index (Phi) is 4.97. The summed E-state index contributed by atoms with van der Waals surface area (Å²) in [7, 11) is 0. The highest BCUT2D eigenvalue weighted by Crippen LogP contribution is 2.11. The first-order valence-electron chi connectivity index (χ1n) is 8.84. The van der Waals surface area contributed by atoms with Crippen molar-refractivity contribution in [3.63, 3.8) is 0 Å². The van der Waals surface area contributed by atoms with E-state index < -0.39 is 0 Å². The molecule has 3 heterocycles. The number of hydrogen-bond donors (Lipinski definition) is 0. The van der Waals surface area contributed by atoms with E-state index in [9.17, 15) is 9.59 Å². The van der Waals surface area contributed by atoms with Crippen LogP contribution in [0, 0.1) is 0 Å². The highest BCUT2D eigenvalue weighted by atomic mass is 16.3. The van der Waals surface area contributed by atoms with Crippen molar-refractivity contribution in [1.82, 2.24) is 19.7 Å². The number of benzene rings is 1. The molecule has 0 aliphatic rings. The fourth-order valence-electron chi connectivity index (χ4n) is 3.00. The second-order valence-corrected chi connectivity index (χ2v) is 6.39. The Balaban J connectivity index is 1.60. The van der Waals surface area contributed by atoms with Gasteiger partial charge in [-0.15, -0.1) is 0 Å². The van der Waals surface area contributed by atoms with Gasteiger partial charge in [-0.25, -0.2) is 4.68 Å². The zero-order valence-corrected chi connectivity index (χ0v) is 15.1. The van der Waals surface area contributed by atoms with Gasteiger partial charge in [0.05, 0.1) is 24.4 Å². The van der Waals surface area contributed by atoms with Crippen LogP contribution in [0.3, 0.4) is 0 Å². The predicted molar refractivity (Wildman–Crippen MR) is 103 cm³/mol. The molecule has 28 heavy (non-hydrogen) atoms. The van der Waals surface area contributed by atoms with Crippen LogP contribution in [0.15, 0.2) is 82.6 Å². The molecule has 0 aliphatic heterocycles. The molecule has 7 heteroatoms. The van der Waals surface area contributed by atoms with Crippen molar-refractivity contribution in [3.8, 4) is 0 Å². The lowest BCUT2D eigenvalue weighted by molar-refractivity contribution is -0.133. The summed E-state index contributed by atoms with van der Waals surface area (Å²) in [5.41, 5.74) is 0.604. The maximum atomic E-state index is 13.0. The number of furan rings is 1. The second kappa shape index (κ2) is 7.87. The van der Waals surface area contributed by atoms with Crippen LogP contribution < -0.4 is 5.56 Å². The van der Waals surface area contributed by atoms with Crippen LogP contribution in [0.4, 0.5) is 0 Å². The SMILES string of the molecule is O=C(Cn1ncc2ccccc2c1=O)N(Cc1cccnc1)Cc1ccco1. The molecule has 0 saturated carbocycles. The molecule has 0 fully saturated rings. The van der Waals surface area contributed by atoms with Crippen LogP contribution in [-0.4, -0.2) is 25.6 Å². The lowest BCUT2D eigenvalue weighted by Crippen LogP contribution is -2.36. The standard InChI is InChI=1S/C21H18N4O3/c26-20(15-25-21(27)19-8-2-1-6-17(19)12-23-25)24(14-18-7-4-10-28-18)13-16-5-3-9-22-11-16/h1-12H,13-15H2. The summed E-state index contributed by atoms with van der Waals surface area (Å²) in [6.07, 6.45) is 6.56. The van der Waals surface area contributed by atoms with E-state index in [4.69, 9.17) is 4.42 Å². The Bertz CT molecular complexity index is 1140. The van der Waals surface area contributed by atoms with E-state index in [0.29, 0.717) is 24.2 Å². The van der Waals surface area contributed by atoms with Crippen LogP contribution in [0.5, 0.6) is 0 Å². The van der Waals surface area contributed by atoms with Gasteiger partial charge in [-0.1, -0.05) is 24.3 Å². The Hall–Kier alpha value is -3.74. The average Bonchev–Trinajstić information content (AvgIpc) is 3.24. The molecule has 4 rings (SSSR count). The van der Waals surface area contributed by atoms with Crippen LogP contribution in [0.2, 0.25) is 0 Å². The van der Waals surface area contributed by atoms with Gasteiger partial charge >= 0.3 is 0 Å². The van der Waals surface area contributed by atoms with E-state index in [2.05, 4.69) is 10.1 Å². The number of rotatable bonds is 6. The van der Waals surface area contributed by atoms with Crippen molar-refractivity contribution in [1.29, 1.82) is 0 Å². The number of nitrogens with zero attached hydrogens (tertiary/aromatic N) is 4. The summed E-state index contributed by atoms with van der Waals surface area (Å²) < 4.78 is 6.59. The van der Waals surface area contributed by atoms with E-state index in [0.717, 1.165) is 10.9 Å². The Labute approximate surface area is 160 Å². The van der Waals surface area contributed by atoms with Crippen molar-refractivity contribution in [2.24, 2.45) is 0 Å². The molecule has 0 saturated heterocycles. The quantitative estimate of drug-likeness (QED) is 0.518. The number of fused-ring (bicyclic) bond motifs is 1. The van der Waals surface area contributed by atoms with Crippen molar-refractivity contribution in [3.05, 3.63) is 95.1 Å². The molecule has 0 atom stereocenters. The Morgan fingerprint density at radius 1 is 1.04 bits per heavy atom. The first-order chi connectivity index (χ1) is 13.7. The van der Waals surface area contributed by atoms with E-state index in [1.807, 2.05) is 30.3 Å². The molecule has 0 bridgehead atoms. The van der Waals surface area contributed by atoms with Gasteiger partial charge in [-0.3, -0.25) is 14.6 Å². The monoisotopic (exact) mass is 374 g/mol. The van der Waals surface area contributed by atoms with Gasteiger partial charge in [-0.05, 0) is 29.8 Å². The minimum atomic E-state index is -0.286. The zero-order chi connectivity index (χ0) is 19.3. The van der Waals surface area contributed by atoms with Crippen LogP contribution >= 0.6 is 0 Å². The molecule has 0 radical (unpaired) electrons. The molecule has 1 aromatic carbocycles. The summed E-state index contributed by atoms with van der Waals surface area (Å²) in [4.78, 5) is 31.4. The van der Waals surface area contributed by atoms with Gasteiger partial charge < -0.3 is 9.32 Å². The normalized spacial score (nSPS) is 10.9. The fraction of sp³-hybridized carbons (Fsp3) is 0.143. The minimum Gasteiger partial charge on any atom is -0.467 e. The van der Waals surface area contributed by atoms with Crippen molar-refractivity contribution in [2.75, 3.05) is 0 Å². The van der Waals surface area contributed by atoms with Crippen molar-refractivity contribution in [2.45, 2.75) is 19.6 Å². The van der Waals surface area contributed by atoms with Gasteiger partial charge in [0.25, 0.3) is 5.56 Å². The number of amides is 1. The molecular weight excluding hydrogens is 356 g/mol. The first kappa shape index (κ1) is 17.7. The summed E-state index contributed by atoms with van der Waals surface area (Å²) >= 11 is 0. The second-order valence-electron chi connectivity index (χ2n) is 6.39.